The number of oxime groups is 1. The van der Waals surface area contributed by atoms with Gasteiger partial charge < -0.3 is 19.6 Å². The largest absolute Gasteiger partial charge is 0.386 e. The lowest BCUT2D eigenvalue weighted by atomic mass is 9.88. The smallest absolute Gasteiger partial charge is 0.269 e. The number of aryl methyl sites for hydroxylation is 1. The van der Waals surface area contributed by atoms with Gasteiger partial charge in [-0.25, -0.2) is 15.0 Å². The molecule has 142 valence electrons. The van der Waals surface area contributed by atoms with Gasteiger partial charge in [-0.15, -0.1) is 0 Å². The molecule has 0 saturated carbocycles. The van der Waals surface area contributed by atoms with Gasteiger partial charge in [-0.2, -0.15) is 0 Å². The zero-order valence-electron chi connectivity index (χ0n) is 15.1. The third-order valence-electron chi connectivity index (χ3n) is 4.91. The highest BCUT2D eigenvalue weighted by atomic mass is 16.7. The number of nitrogens with one attached hydrogen (secondary N) is 1. The van der Waals surface area contributed by atoms with Crippen molar-refractivity contribution in [3.8, 4) is 0 Å². The molecule has 0 unspecified atom stereocenters. The zero-order chi connectivity index (χ0) is 18.5. The third-order valence-corrected chi connectivity index (χ3v) is 4.91. The molecular formula is C18H23N7O2. The first-order chi connectivity index (χ1) is 13.2. The van der Waals surface area contributed by atoms with E-state index in [-0.39, 0.29) is 5.91 Å². The van der Waals surface area contributed by atoms with Crippen molar-refractivity contribution in [1.29, 1.82) is 0 Å². The molecule has 1 amide bonds. The molecule has 2 aliphatic rings. The molecule has 27 heavy (non-hydrogen) atoms. The van der Waals surface area contributed by atoms with Gasteiger partial charge in [-0.05, 0) is 25.3 Å². The van der Waals surface area contributed by atoms with Crippen LogP contribution in [0.4, 0.5) is 5.95 Å². The minimum atomic E-state index is -0.457. The summed E-state index contributed by atoms with van der Waals surface area (Å²) in [4.78, 5) is 32.9. The SMILES string of the molecule is O=C(NCCCn1ccnc1)C1=NO[C@]2(CCCN(c3ncccn3)C2)C1. The molecule has 2 aliphatic heterocycles. The normalized spacial score (nSPS) is 21.8. The predicted molar refractivity (Wildman–Crippen MR) is 99.2 cm³/mol. The van der Waals surface area contributed by atoms with Crippen LogP contribution in [0.3, 0.4) is 0 Å². The minimum Gasteiger partial charge on any atom is -0.386 e. The molecule has 0 bridgehead atoms. The average Bonchev–Trinajstić information content (AvgIpc) is 3.36. The quantitative estimate of drug-likeness (QED) is 0.763. The fraction of sp³-hybridized carbons (Fsp3) is 0.500. The Kier molecular flexibility index (Phi) is 4.99. The van der Waals surface area contributed by atoms with E-state index in [1.165, 1.54) is 0 Å². The molecule has 1 spiro atoms. The number of rotatable bonds is 6. The van der Waals surface area contributed by atoms with E-state index >= 15 is 0 Å². The fourth-order valence-corrected chi connectivity index (χ4v) is 3.57. The van der Waals surface area contributed by atoms with Gasteiger partial charge in [0.05, 0.1) is 12.9 Å². The summed E-state index contributed by atoms with van der Waals surface area (Å²) in [5, 5.41) is 7.02. The van der Waals surface area contributed by atoms with Gasteiger partial charge in [0.15, 0.2) is 5.60 Å². The van der Waals surface area contributed by atoms with Gasteiger partial charge in [0.25, 0.3) is 5.91 Å². The van der Waals surface area contributed by atoms with Gasteiger partial charge in [0.1, 0.15) is 5.71 Å². The molecule has 1 saturated heterocycles. The second kappa shape index (κ2) is 7.73. The summed E-state index contributed by atoms with van der Waals surface area (Å²) in [5.74, 6) is 0.545. The number of nitrogens with zero attached hydrogens (tertiary/aromatic N) is 6. The highest BCUT2D eigenvalue weighted by Crippen LogP contribution is 2.34. The Morgan fingerprint density at radius 2 is 2.19 bits per heavy atom. The van der Waals surface area contributed by atoms with Crippen molar-refractivity contribution in [2.75, 3.05) is 24.5 Å². The number of hydrogen-bond acceptors (Lipinski definition) is 7. The summed E-state index contributed by atoms with van der Waals surface area (Å²) >= 11 is 0. The second-order valence-electron chi connectivity index (χ2n) is 6.97. The molecule has 0 aromatic carbocycles. The van der Waals surface area contributed by atoms with E-state index in [0.29, 0.717) is 31.2 Å². The highest BCUT2D eigenvalue weighted by molar-refractivity contribution is 6.39. The van der Waals surface area contributed by atoms with Crippen molar-refractivity contribution < 1.29 is 9.63 Å². The van der Waals surface area contributed by atoms with E-state index in [2.05, 4.69) is 30.3 Å². The van der Waals surface area contributed by atoms with Crippen molar-refractivity contribution in [2.45, 2.75) is 37.8 Å². The molecular weight excluding hydrogens is 346 g/mol. The maximum absolute atomic E-state index is 12.4. The first-order valence-corrected chi connectivity index (χ1v) is 9.25. The van der Waals surface area contributed by atoms with E-state index in [9.17, 15) is 4.79 Å². The van der Waals surface area contributed by atoms with Crippen LogP contribution in [0.5, 0.6) is 0 Å². The lowest BCUT2D eigenvalue weighted by Gasteiger charge is -2.38. The van der Waals surface area contributed by atoms with Gasteiger partial charge in [0, 0.05) is 50.8 Å². The first-order valence-electron chi connectivity index (χ1n) is 9.25. The van der Waals surface area contributed by atoms with Gasteiger partial charge in [-0.1, -0.05) is 5.16 Å². The van der Waals surface area contributed by atoms with E-state index in [4.69, 9.17) is 4.84 Å². The Morgan fingerprint density at radius 3 is 3.00 bits per heavy atom. The van der Waals surface area contributed by atoms with Gasteiger partial charge in [0.2, 0.25) is 5.95 Å². The molecule has 2 aromatic heterocycles. The molecule has 0 aliphatic carbocycles. The maximum atomic E-state index is 12.4. The lowest BCUT2D eigenvalue weighted by Crippen LogP contribution is -2.49. The van der Waals surface area contributed by atoms with Crippen LogP contribution < -0.4 is 10.2 Å². The standard InChI is InChI=1S/C18H23N7O2/c26-16(20-7-3-9-24-11-8-19-14-24)15-12-18(27-23-15)4-1-10-25(13-18)17-21-5-2-6-22-17/h2,5-6,8,11,14H,1,3-4,7,9-10,12-13H2,(H,20,26)/t18-/m1/s1. The Morgan fingerprint density at radius 1 is 1.30 bits per heavy atom. The Bertz CT molecular complexity index is 793. The Labute approximate surface area is 157 Å². The van der Waals surface area contributed by atoms with E-state index in [0.717, 1.165) is 32.4 Å². The van der Waals surface area contributed by atoms with Crippen LogP contribution in [0, 0.1) is 0 Å². The number of carbonyl (C=O) groups excluding carboxylic acids is 1. The minimum absolute atomic E-state index is 0.148. The first kappa shape index (κ1) is 17.4. The second-order valence-corrected chi connectivity index (χ2v) is 6.97. The van der Waals surface area contributed by atoms with Crippen molar-refractivity contribution >= 4 is 17.6 Å². The molecule has 4 heterocycles. The van der Waals surface area contributed by atoms with E-state index < -0.39 is 5.60 Å². The molecule has 9 nitrogen and oxygen atoms in total. The van der Waals surface area contributed by atoms with E-state index in [1.807, 2.05) is 10.8 Å². The summed E-state index contributed by atoms with van der Waals surface area (Å²) in [6.07, 6.45) is 12.1. The van der Waals surface area contributed by atoms with Crippen molar-refractivity contribution in [1.82, 2.24) is 24.8 Å². The number of hydrogen-bond donors (Lipinski definition) is 1. The fourth-order valence-electron chi connectivity index (χ4n) is 3.57. The van der Waals surface area contributed by atoms with E-state index in [1.54, 1.807) is 31.0 Å². The Balaban J connectivity index is 1.27. The Hall–Kier alpha value is -2.97. The van der Waals surface area contributed by atoms with Gasteiger partial charge in [-0.3, -0.25) is 4.79 Å². The monoisotopic (exact) mass is 369 g/mol. The average molecular weight is 369 g/mol. The van der Waals surface area contributed by atoms with Crippen LogP contribution in [-0.2, 0) is 16.2 Å². The number of aromatic nitrogens is 4. The molecule has 2 aromatic rings. The third kappa shape index (κ3) is 4.07. The summed E-state index contributed by atoms with van der Waals surface area (Å²) in [5.41, 5.74) is 0.00876. The molecule has 0 radical (unpaired) electrons. The number of amides is 1. The van der Waals surface area contributed by atoms with Crippen LogP contribution in [-0.4, -0.2) is 56.4 Å². The van der Waals surface area contributed by atoms with Crippen molar-refractivity contribution in [2.24, 2.45) is 5.16 Å². The summed E-state index contributed by atoms with van der Waals surface area (Å²) < 4.78 is 1.99. The molecule has 1 atom stereocenters. The highest BCUT2D eigenvalue weighted by Gasteiger charge is 2.45. The predicted octanol–water partition coefficient (Wildman–Crippen LogP) is 0.995. The van der Waals surface area contributed by atoms with Crippen LogP contribution in [0.25, 0.3) is 0 Å². The maximum Gasteiger partial charge on any atom is 0.269 e. The number of imidazole rings is 1. The van der Waals surface area contributed by atoms with Crippen LogP contribution >= 0.6 is 0 Å². The topological polar surface area (TPSA) is 97.5 Å². The molecule has 1 fully saturated rings. The number of anilines is 1. The molecule has 1 N–H and O–H groups in total. The number of piperidine rings is 1. The summed E-state index contributed by atoms with van der Waals surface area (Å²) in [6.45, 7) is 2.93. The summed E-state index contributed by atoms with van der Waals surface area (Å²) in [6, 6.07) is 1.80. The molecule has 9 heteroatoms. The lowest BCUT2D eigenvalue weighted by molar-refractivity contribution is -0.114. The number of carbonyl (C=O) groups is 1. The zero-order valence-corrected chi connectivity index (χ0v) is 15.1. The summed E-state index contributed by atoms with van der Waals surface area (Å²) in [7, 11) is 0. The van der Waals surface area contributed by atoms with Crippen LogP contribution in [0.1, 0.15) is 25.7 Å². The van der Waals surface area contributed by atoms with Crippen molar-refractivity contribution in [3.05, 3.63) is 37.2 Å². The van der Waals surface area contributed by atoms with Crippen molar-refractivity contribution in [3.63, 3.8) is 0 Å². The van der Waals surface area contributed by atoms with Gasteiger partial charge >= 0.3 is 0 Å². The van der Waals surface area contributed by atoms with Crippen LogP contribution in [0.15, 0.2) is 42.3 Å². The van der Waals surface area contributed by atoms with Crippen LogP contribution in [0.2, 0.25) is 0 Å². The molecule has 4 rings (SSSR count).